The fourth-order valence-corrected chi connectivity index (χ4v) is 5.54. The second-order valence-corrected chi connectivity index (χ2v) is 10.4. The molecule has 6 rings (SSSR count). The molecule has 0 saturated heterocycles. The SMILES string of the molecule is Cc1cc2ncc3cc(-c4ccccc4C#N)c(-c4c#cc(C5(N)CC(C)(C)C5)cc4)nc3n2n1. The smallest absolute Gasteiger partial charge is 0.165 e. The standard InChI is InChI=1S/C29H24N6/c1-18-12-25-32-15-21-13-24(23-7-5-4-6-20(23)14-30)26(33-27(21)35(25)34-18)19-8-10-22(11-9-19)29(31)16-28(2,3)17-29/h4-8,10,12-13,15H,16-17,31H2,1-3H3. The summed E-state index contributed by atoms with van der Waals surface area (Å²) in [5.74, 6) is 0. The summed E-state index contributed by atoms with van der Waals surface area (Å²) in [4.78, 5) is 9.60. The summed E-state index contributed by atoms with van der Waals surface area (Å²) < 4.78 is 1.76. The van der Waals surface area contributed by atoms with Crippen LogP contribution in [0.15, 0.2) is 54.7 Å². The van der Waals surface area contributed by atoms with E-state index >= 15 is 0 Å². The van der Waals surface area contributed by atoms with E-state index in [4.69, 9.17) is 10.7 Å². The number of pyridine rings is 1. The number of aromatic nitrogens is 4. The number of benzene rings is 1. The summed E-state index contributed by atoms with van der Waals surface area (Å²) in [6.07, 6.45) is 3.64. The lowest BCUT2D eigenvalue weighted by Gasteiger charge is -2.50. The molecule has 0 spiro atoms. The largest absolute Gasteiger partial charge is 0.321 e. The molecule has 35 heavy (non-hydrogen) atoms. The van der Waals surface area contributed by atoms with E-state index in [2.05, 4.69) is 42.1 Å². The Hall–Kier alpha value is -4.26. The summed E-state index contributed by atoms with van der Waals surface area (Å²) in [5, 5.41) is 15.2. The third kappa shape index (κ3) is 3.43. The summed E-state index contributed by atoms with van der Waals surface area (Å²) in [7, 11) is 0. The molecular formula is C29H24N6. The molecule has 5 aromatic rings. The molecule has 0 aliphatic heterocycles. The van der Waals surface area contributed by atoms with Crippen molar-refractivity contribution in [2.45, 2.75) is 39.2 Å². The number of nitriles is 1. The van der Waals surface area contributed by atoms with Gasteiger partial charge >= 0.3 is 0 Å². The van der Waals surface area contributed by atoms with Gasteiger partial charge in [0, 0.05) is 39.9 Å². The van der Waals surface area contributed by atoms with Crippen molar-refractivity contribution in [2.24, 2.45) is 11.1 Å². The zero-order valence-corrected chi connectivity index (χ0v) is 19.9. The number of nitrogens with zero attached hydrogens (tertiary/aromatic N) is 5. The van der Waals surface area contributed by atoms with Gasteiger partial charge in [0.15, 0.2) is 11.3 Å². The maximum atomic E-state index is 9.78. The van der Waals surface area contributed by atoms with E-state index in [1.54, 1.807) is 10.7 Å². The van der Waals surface area contributed by atoms with Crippen LogP contribution in [0.25, 0.3) is 39.1 Å². The Labute approximate surface area is 204 Å². The van der Waals surface area contributed by atoms with Crippen LogP contribution >= 0.6 is 0 Å². The summed E-state index contributed by atoms with van der Waals surface area (Å²) >= 11 is 0. The van der Waals surface area contributed by atoms with Gasteiger partial charge in [-0.05, 0) is 49.4 Å². The molecule has 1 fully saturated rings. The van der Waals surface area contributed by atoms with E-state index in [-0.39, 0.29) is 11.0 Å². The van der Waals surface area contributed by atoms with Gasteiger partial charge in [0.1, 0.15) is 0 Å². The van der Waals surface area contributed by atoms with Crippen LogP contribution in [0.3, 0.4) is 0 Å². The van der Waals surface area contributed by atoms with Gasteiger partial charge in [0.05, 0.1) is 28.6 Å². The molecule has 0 atom stereocenters. The molecule has 0 unspecified atom stereocenters. The number of aryl methyl sites for hydroxylation is 1. The van der Waals surface area contributed by atoms with Crippen molar-refractivity contribution in [2.75, 3.05) is 0 Å². The molecule has 1 aliphatic carbocycles. The van der Waals surface area contributed by atoms with Gasteiger partial charge in [-0.2, -0.15) is 14.9 Å². The minimum atomic E-state index is -0.365. The van der Waals surface area contributed by atoms with Gasteiger partial charge < -0.3 is 5.73 Å². The Morgan fingerprint density at radius 3 is 2.57 bits per heavy atom. The first-order valence-electron chi connectivity index (χ1n) is 11.7. The molecule has 2 N–H and O–H groups in total. The maximum Gasteiger partial charge on any atom is 0.165 e. The van der Waals surface area contributed by atoms with E-state index in [1.165, 1.54) is 0 Å². The Balaban J connectivity index is 1.57. The van der Waals surface area contributed by atoms with Crippen molar-refractivity contribution in [3.8, 4) is 28.5 Å². The topological polar surface area (TPSA) is 92.9 Å². The van der Waals surface area contributed by atoms with Crippen molar-refractivity contribution in [3.63, 3.8) is 0 Å². The Morgan fingerprint density at radius 2 is 1.86 bits per heavy atom. The van der Waals surface area contributed by atoms with Gasteiger partial charge in [0.2, 0.25) is 0 Å². The van der Waals surface area contributed by atoms with Gasteiger partial charge in [0.25, 0.3) is 0 Å². The summed E-state index contributed by atoms with van der Waals surface area (Å²) in [6.45, 7) is 6.41. The molecule has 2 aromatic carbocycles. The Bertz CT molecular complexity index is 1650. The fraction of sp³-hybridized carbons (Fsp3) is 0.241. The van der Waals surface area contributed by atoms with Gasteiger partial charge in [-0.1, -0.05) is 44.2 Å². The minimum Gasteiger partial charge on any atom is -0.321 e. The molecule has 1 aliphatic rings. The zero-order chi connectivity index (χ0) is 24.4. The molecule has 1 saturated carbocycles. The van der Waals surface area contributed by atoms with Crippen molar-refractivity contribution >= 4 is 16.7 Å². The molecule has 170 valence electrons. The first-order valence-corrected chi connectivity index (χ1v) is 11.7. The molecule has 0 amide bonds. The van der Waals surface area contributed by atoms with Crippen LogP contribution in [0.4, 0.5) is 0 Å². The summed E-state index contributed by atoms with van der Waals surface area (Å²) in [5.41, 5.74) is 13.5. The quantitative estimate of drug-likeness (QED) is 0.394. The minimum absolute atomic E-state index is 0.247. The lowest BCUT2D eigenvalue weighted by atomic mass is 9.57. The highest BCUT2D eigenvalue weighted by molar-refractivity contribution is 5.91. The highest BCUT2D eigenvalue weighted by Gasteiger charge is 2.47. The van der Waals surface area contributed by atoms with E-state index in [0.717, 1.165) is 51.8 Å². The monoisotopic (exact) mass is 456 g/mol. The van der Waals surface area contributed by atoms with Crippen LogP contribution in [0.5, 0.6) is 0 Å². The predicted molar refractivity (Wildman–Crippen MR) is 135 cm³/mol. The number of hydrogen-bond acceptors (Lipinski definition) is 5. The number of rotatable bonds is 3. The van der Waals surface area contributed by atoms with Crippen LogP contribution in [0, 0.1) is 35.8 Å². The highest BCUT2D eigenvalue weighted by atomic mass is 15.3. The zero-order valence-electron chi connectivity index (χ0n) is 19.9. The maximum absolute atomic E-state index is 9.78. The number of nitrogens with two attached hydrogens (primary N) is 1. The second-order valence-electron chi connectivity index (χ2n) is 10.4. The molecular weight excluding hydrogens is 432 g/mol. The van der Waals surface area contributed by atoms with Crippen LogP contribution in [0.1, 0.15) is 43.5 Å². The van der Waals surface area contributed by atoms with Crippen molar-refractivity contribution < 1.29 is 0 Å². The van der Waals surface area contributed by atoms with E-state index < -0.39 is 0 Å². The molecule has 3 heterocycles. The van der Waals surface area contributed by atoms with Gasteiger partial charge in [-0.3, -0.25) is 0 Å². The summed E-state index contributed by atoms with van der Waals surface area (Å²) in [6, 6.07) is 24.5. The normalized spacial score (nSPS) is 16.0. The third-order valence-electron chi connectivity index (χ3n) is 6.85. The Kier molecular flexibility index (Phi) is 4.48. The van der Waals surface area contributed by atoms with E-state index in [0.29, 0.717) is 16.9 Å². The van der Waals surface area contributed by atoms with Crippen LogP contribution < -0.4 is 5.73 Å². The van der Waals surface area contributed by atoms with Crippen LogP contribution in [-0.4, -0.2) is 19.6 Å². The molecule has 0 radical (unpaired) electrons. The van der Waals surface area contributed by atoms with Gasteiger partial charge in [-0.15, -0.1) is 0 Å². The van der Waals surface area contributed by atoms with Crippen LogP contribution in [-0.2, 0) is 5.54 Å². The number of hydrogen-bond donors (Lipinski definition) is 1. The van der Waals surface area contributed by atoms with Gasteiger partial charge in [-0.25, -0.2) is 9.97 Å². The van der Waals surface area contributed by atoms with Crippen molar-refractivity contribution in [1.29, 1.82) is 5.26 Å². The third-order valence-corrected chi connectivity index (χ3v) is 6.85. The van der Waals surface area contributed by atoms with E-state index in [9.17, 15) is 5.26 Å². The molecule has 6 nitrogen and oxygen atoms in total. The second kappa shape index (κ2) is 7.37. The lowest BCUT2D eigenvalue weighted by Crippen LogP contribution is -2.53. The first-order chi connectivity index (χ1) is 16.8. The first kappa shape index (κ1) is 21.3. The van der Waals surface area contributed by atoms with Crippen molar-refractivity contribution in [3.05, 3.63) is 83.7 Å². The predicted octanol–water partition coefficient (Wildman–Crippen LogP) is 5.37. The average molecular weight is 457 g/mol. The van der Waals surface area contributed by atoms with Crippen LogP contribution in [0.2, 0.25) is 0 Å². The lowest BCUT2D eigenvalue weighted by molar-refractivity contribution is 0.0618. The molecule has 3 aromatic heterocycles. The number of fused-ring (bicyclic) bond motifs is 3. The fourth-order valence-electron chi connectivity index (χ4n) is 5.54. The molecule has 6 heteroatoms. The Morgan fingerprint density at radius 1 is 1.06 bits per heavy atom. The highest BCUT2D eigenvalue weighted by Crippen LogP contribution is 2.51. The average Bonchev–Trinajstić information content (AvgIpc) is 3.22. The van der Waals surface area contributed by atoms with E-state index in [1.807, 2.05) is 55.5 Å². The van der Waals surface area contributed by atoms with Crippen molar-refractivity contribution in [1.82, 2.24) is 19.6 Å². The molecule has 0 bridgehead atoms.